The average molecular weight is 180 g/mol. The van der Waals surface area contributed by atoms with Crippen LogP contribution in [0.5, 0.6) is 0 Å². The van der Waals surface area contributed by atoms with E-state index < -0.39 is 5.97 Å². The Balaban J connectivity index is 2.17. The molecule has 0 aliphatic rings. The van der Waals surface area contributed by atoms with E-state index in [1.165, 1.54) is 0 Å². The molecule has 0 aromatic carbocycles. The summed E-state index contributed by atoms with van der Waals surface area (Å²) in [6, 6.07) is 0. The quantitative estimate of drug-likeness (QED) is 0.693. The van der Waals surface area contributed by atoms with Gasteiger partial charge < -0.3 is 5.11 Å². The molecule has 13 heavy (non-hydrogen) atoms. The number of carboxylic acid groups (broad SMARTS) is 1. The molecule has 0 unspecified atom stereocenters. The van der Waals surface area contributed by atoms with Crippen molar-refractivity contribution < 1.29 is 9.90 Å². The van der Waals surface area contributed by atoms with Crippen LogP contribution in [0.25, 0.3) is 0 Å². The van der Waals surface area contributed by atoms with Gasteiger partial charge in [0.25, 0.3) is 0 Å². The molecule has 0 saturated carbocycles. The number of carbonyl (C=O) groups is 1. The van der Waals surface area contributed by atoms with Crippen LogP contribution in [0.15, 0.2) is 18.6 Å². The van der Waals surface area contributed by atoms with Gasteiger partial charge in [-0.15, -0.1) is 0 Å². The monoisotopic (exact) mass is 180 g/mol. The molecule has 1 aromatic heterocycles. The molecule has 1 aromatic rings. The molecular weight excluding hydrogens is 168 g/mol. The molecule has 0 radical (unpaired) electrons. The van der Waals surface area contributed by atoms with E-state index in [-0.39, 0.29) is 6.42 Å². The normalized spacial score (nSPS) is 9.85. The van der Waals surface area contributed by atoms with E-state index in [0.29, 0.717) is 6.42 Å². The maximum atomic E-state index is 10.2. The van der Waals surface area contributed by atoms with E-state index in [9.17, 15) is 4.79 Å². The third-order valence-corrected chi connectivity index (χ3v) is 1.69. The molecule has 1 rings (SSSR count). The Hall–Kier alpha value is -1.45. The number of aryl methyl sites for hydroxylation is 1. The first-order valence-corrected chi connectivity index (χ1v) is 4.26. The molecule has 0 bridgehead atoms. The summed E-state index contributed by atoms with van der Waals surface area (Å²) in [6.07, 6.45) is 7.58. The van der Waals surface area contributed by atoms with Gasteiger partial charge >= 0.3 is 5.97 Å². The van der Waals surface area contributed by atoms with Crippen LogP contribution < -0.4 is 0 Å². The summed E-state index contributed by atoms with van der Waals surface area (Å²) in [4.78, 5) is 18.2. The predicted molar refractivity (Wildman–Crippen MR) is 47.2 cm³/mol. The molecular formula is C9H12N2O2. The lowest BCUT2D eigenvalue weighted by Crippen LogP contribution is -1.96. The fourth-order valence-electron chi connectivity index (χ4n) is 1.04. The Morgan fingerprint density at radius 1 is 1.38 bits per heavy atom. The zero-order chi connectivity index (χ0) is 9.52. The van der Waals surface area contributed by atoms with E-state index in [2.05, 4.69) is 9.97 Å². The molecule has 0 aliphatic heterocycles. The highest BCUT2D eigenvalue weighted by Gasteiger charge is 1.97. The van der Waals surface area contributed by atoms with Gasteiger partial charge in [-0.25, -0.2) is 0 Å². The van der Waals surface area contributed by atoms with Crippen LogP contribution in [0.3, 0.4) is 0 Å². The number of nitrogens with zero attached hydrogens (tertiary/aromatic N) is 2. The number of hydrogen-bond acceptors (Lipinski definition) is 3. The lowest BCUT2D eigenvalue weighted by atomic mass is 10.1. The van der Waals surface area contributed by atoms with E-state index in [1.54, 1.807) is 18.6 Å². The van der Waals surface area contributed by atoms with Crippen LogP contribution in [0.2, 0.25) is 0 Å². The Morgan fingerprint density at radius 2 is 2.23 bits per heavy atom. The van der Waals surface area contributed by atoms with Crippen molar-refractivity contribution in [2.75, 3.05) is 0 Å². The van der Waals surface area contributed by atoms with Crippen LogP contribution >= 0.6 is 0 Å². The lowest BCUT2D eigenvalue weighted by molar-refractivity contribution is -0.137. The SMILES string of the molecule is O=C(O)CCCCc1cnccn1. The second kappa shape index (κ2) is 5.24. The van der Waals surface area contributed by atoms with Crippen LogP contribution in [0.1, 0.15) is 25.0 Å². The topological polar surface area (TPSA) is 63.1 Å². The van der Waals surface area contributed by atoms with Crippen molar-refractivity contribution >= 4 is 5.97 Å². The van der Waals surface area contributed by atoms with Gasteiger partial charge in [-0.05, 0) is 19.3 Å². The van der Waals surface area contributed by atoms with E-state index in [0.717, 1.165) is 18.5 Å². The second-order valence-corrected chi connectivity index (χ2v) is 2.80. The second-order valence-electron chi connectivity index (χ2n) is 2.80. The van der Waals surface area contributed by atoms with E-state index >= 15 is 0 Å². The molecule has 0 amide bonds. The summed E-state index contributed by atoms with van der Waals surface area (Å²) < 4.78 is 0. The highest BCUT2D eigenvalue weighted by molar-refractivity contribution is 5.66. The summed E-state index contributed by atoms with van der Waals surface area (Å²) >= 11 is 0. The molecule has 4 nitrogen and oxygen atoms in total. The molecule has 70 valence electrons. The molecule has 4 heteroatoms. The van der Waals surface area contributed by atoms with Gasteiger partial charge in [-0.2, -0.15) is 0 Å². The summed E-state index contributed by atoms with van der Waals surface area (Å²) in [5.74, 6) is -0.737. The van der Waals surface area contributed by atoms with Gasteiger partial charge in [0.05, 0.1) is 5.69 Å². The number of aromatic nitrogens is 2. The molecule has 0 fully saturated rings. The largest absolute Gasteiger partial charge is 0.481 e. The first kappa shape index (κ1) is 9.64. The highest BCUT2D eigenvalue weighted by Crippen LogP contribution is 2.01. The van der Waals surface area contributed by atoms with E-state index in [1.807, 2.05) is 0 Å². The molecule has 1 heterocycles. The van der Waals surface area contributed by atoms with Gasteiger partial charge in [0.1, 0.15) is 0 Å². The minimum Gasteiger partial charge on any atom is -0.481 e. The predicted octanol–water partition coefficient (Wildman–Crippen LogP) is 1.27. The minimum atomic E-state index is -0.737. The maximum Gasteiger partial charge on any atom is 0.303 e. The summed E-state index contributed by atoms with van der Waals surface area (Å²) in [5.41, 5.74) is 0.924. The summed E-state index contributed by atoms with van der Waals surface area (Å²) in [6.45, 7) is 0. The van der Waals surface area contributed by atoms with Crippen molar-refractivity contribution in [2.45, 2.75) is 25.7 Å². The number of carboxylic acids is 1. The Kier molecular flexibility index (Phi) is 3.88. The van der Waals surface area contributed by atoms with Crippen molar-refractivity contribution in [3.05, 3.63) is 24.3 Å². The van der Waals surface area contributed by atoms with Crippen LogP contribution in [-0.4, -0.2) is 21.0 Å². The maximum absolute atomic E-state index is 10.2. The summed E-state index contributed by atoms with van der Waals surface area (Å²) in [7, 11) is 0. The highest BCUT2D eigenvalue weighted by atomic mass is 16.4. The molecule has 0 spiro atoms. The van der Waals surface area contributed by atoms with Crippen molar-refractivity contribution in [2.24, 2.45) is 0 Å². The third kappa shape index (κ3) is 4.20. The van der Waals surface area contributed by atoms with Gasteiger partial charge in [0.2, 0.25) is 0 Å². The first-order chi connectivity index (χ1) is 6.29. The Bertz CT molecular complexity index is 262. The fourth-order valence-corrected chi connectivity index (χ4v) is 1.04. The van der Waals surface area contributed by atoms with Crippen molar-refractivity contribution in [3.8, 4) is 0 Å². The molecule has 1 N–H and O–H groups in total. The number of unbranched alkanes of at least 4 members (excludes halogenated alkanes) is 1. The van der Waals surface area contributed by atoms with Gasteiger partial charge in [0.15, 0.2) is 0 Å². The molecule has 0 aliphatic carbocycles. The van der Waals surface area contributed by atoms with Crippen LogP contribution in [-0.2, 0) is 11.2 Å². The van der Waals surface area contributed by atoms with E-state index in [4.69, 9.17) is 5.11 Å². The van der Waals surface area contributed by atoms with Gasteiger partial charge in [-0.3, -0.25) is 14.8 Å². The zero-order valence-electron chi connectivity index (χ0n) is 7.31. The number of hydrogen-bond donors (Lipinski definition) is 1. The summed E-state index contributed by atoms with van der Waals surface area (Å²) in [5, 5.41) is 8.38. The van der Waals surface area contributed by atoms with Gasteiger partial charge in [0, 0.05) is 25.0 Å². The smallest absolute Gasteiger partial charge is 0.303 e. The lowest BCUT2D eigenvalue weighted by Gasteiger charge is -1.97. The first-order valence-electron chi connectivity index (χ1n) is 4.26. The van der Waals surface area contributed by atoms with Crippen molar-refractivity contribution in [3.63, 3.8) is 0 Å². The Morgan fingerprint density at radius 3 is 2.85 bits per heavy atom. The Labute approximate surface area is 76.7 Å². The number of rotatable bonds is 5. The van der Waals surface area contributed by atoms with Crippen molar-refractivity contribution in [1.29, 1.82) is 0 Å². The average Bonchev–Trinajstić information content (AvgIpc) is 2.14. The number of aliphatic carboxylic acids is 1. The van der Waals surface area contributed by atoms with Crippen molar-refractivity contribution in [1.82, 2.24) is 9.97 Å². The van der Waals surface area contributed by atoms with Gasteiger partial charge in [-0.1, -0.05) is 0 Å². The third-order valence-electron chi connectivity index (χ3n) is 1.69. The molecule has 0 saturated heterocycles. The fraction of sp³-hybridized carbons (Fsp3) is 0.444. The standard InChI is InChI=1S/C9H12N2O2/c12-9(13)4-2-1-3-8-7-10-5-6-11-8/h5-7H,1-4H2,(H,12,13). The van der Waals surface area contributed by atoms with Crippen LogP contribution in [0, 0.1) is 0 Å². The minimum absolute atomic E-state index is 0.236. The molecule has 0 atom stereocenters. The van der Waals surface area contributed by atoms with Crippen LogP contribution in [0.4, 0.5) is 0 Å². The zero-order valence-corrected chi connectivity index (χ0v) is 7.31.